The molecule has 0 radical (unpaired) electrons. The lowest BCUT2D eigenvalue weighted by Crippen LogP contribution is -2.74. The van der Waals surface area contributed by atoms with Gasteiger partial charge in [-0.1, -0.05) is 23.0 Å². The molecule has 2 amide bonds. The number of hydrogen-bond donors (Lipinski definition) is 4. The van der Waals surface area contributed by atoms with Crippen molar-refractivity contribution in [2.45, 2.75) is 23.0 Å². The van der Waals surface area contributed by atoms with Crippen LogP contribution in [0.1, 0.15) is 12.1 Å². The van der Waals surface area contributed by atoms with Gasteiger partial charge < -0.3 is 31.0 Å². The van der Waals surface area contributed by atoms with E-state index in [0.717, 1.165) is 23.1 Å². The number of nitrogens with zero attached hydrogens (tertiary/aromatic N) is 7. The monoisotopic (exact) mass is 583 g/mol. The summed E-state index contributed by atoms with van der Waals surface area (Å²) in [6.45, 7) is -0.0732. The van der Waals surface area contributed by atoms with E-state index in [4.69, 9.17) is 15.7 Å². The maximum atomic E-state index is 12.9. The number of anilines is 1. The number of nitrogens with one attached hydrogen (secondary N) is 1. The minimum Gasteiger partial charge on any atom is -0.481 e. The number of carboxylic acids is 2. The van der Waals surface area contributed by atoms with E-state index in [0.29, 0.717) is 0 Å². The molecular formula is C19H21N9O7S3. The summed E-state index contributed by atoms with van der Waals surface area (Å²) in [7, 11) is 1.27. The summed E-state index contributed by atoms with van der Waals surface area (Å²) in [5, 5.41) is 37.9. The predicted octanol–water partition coefficient (Wildman–Crippen LogP) is -0.729. The third kappa shape index (κ3) is 5.58. The number of carboxylic acid groups (broad SMARTS) is 2. The van der Waals surface area contributed by atoms with Crippen molar-refractivity contribution >= 4 is 75.7 Å². The number of amides is 2. The molecular weight excluding hydrogens is 562 g/mol. The Balaban J connectivity index is 1.41. The van der Waals surface area contributed by atoms with Crippen molar-refractivity contribution in [3.8, 4) is 0 Å². The third-order valence-corrected chi connectivity index (χ3v) is 9.01. The standard InChI is InChI=1S/C19H21N9O7S3/c1-35-24-11(9-5-36-17(20)21-9)13(31)22-12-14(32)27-6-19(16(33)34,7-37-15(12)27)8-38-18-23-25-26-28(18)4-2-3-10(29)30/h2,4-5,12,15H,3,6-8H2,1H3,(H2,20,21)(H,22,31)(H,29,30)(H,33,34)/t12?,15-,19?/m1/s1. The molecule has 4 heterocycles. The lowest BCUT2D eigenvalue weighted by atomic mass is 9.89. The summed E-state index contributed by atoms with van der Waals surface area (Å²) in [4.78, 5) is 59.0. The fraction of sp³-hybridized carbons (Fsp3) is 0.421. The Labute approximate surface area is 226 Å². The molecule has 5 N–H and O–H groups in total. The van der Waals surface area contributed by atoms with E-state index in [1.165, 1.54) is 46.1 Å². The Morgan fingerprint density at radius 3 is 2.87 bits per heavy atom. The molecule has 38 heavy (non-hydrogen) atoms. The molecule has 19 heteroatoms. The number of rotatable bonds is 11. The second-order valence-electron chi connectivity index (χ2n) is 8.08. The number of oxime groups is 1. The van der Waals surface area contributed by atoms with Gasteiger partial charge in [0, 0.05) is 29.6 Å². The molecule has 0 bridgehead atoms. The van der Waals surface area contributed by atoms with Crippen molar-refractivity contribution < 1.29 is 34.2 Å². The fourth-order valence-electron chi connectivity index (χ4n) is 3.64. The quantitative estimate of drug-likeness (QED) is 0.111. The van der Waals surface area contributed by atoms with Gasteiger partial charge in [0.15, 0.2) is 10.8 Å². The highest BCUT2D eigenvalue weighted by atomic mass is 32.2. The molecule has 2 aromatic rings. The van der Waals surface area contributed by atoms with Crippen LogP contribution in [0.3, 0.4) is 0 Å². The van der Waals surface area contributed by atoms with Crippen molar-refractivity contribution in [1.29, 1.82) is 0 Å². The normalized spacial score (nSPS) is 23.1. The first-order chi connectivity index (χ1) is 18.1. The van der Waals surface area contributed by atoms with Gasteiger partial charge in [0.05, 0.1) is 6.42 Å². The number of tetrazole rings is 1. The van der Waals surface area contributed by atoms with Crippen LogP contribution >= 0.6 is 34.9 Å². The first kappa shape index (κ1) is 27.3. The highest BCUT2D eigenvalue weighted by Gasteiger charge is 2.57. The van der Waals surface area contributed by atoms with Gasteiger partial charge in [-0.05, 0) is 10.4 Å². The number of thioether (sulfide) groups is 2. The second-order valence-corrected chi connectivity index (χ2v) is 11.0. The molecule has 3 atom stereocenters. The van der Waals surface area contributed by atoms with Gasteiger partial charge in [0.25, 0.3) is 5.91 Å². The minimum atomic E-state index is -1.31. The molecule has 2 saturated heterocycles. The van der Waals surface area contributed by atoms with Gasteiger partial charge in [0.2, 0.25) is 11.1 Å². The Hall–Kier alpha value is -3.71. The van der Waals surface area contributed by atoms with Crippen LogP contribution in [0, 0.1) is 5.41 Å². The summed E-state index contributed by atoms with van der Waals surface area (Å²) in [6.07, 6.45) is 2.51. The topological polar surface area (TPSA) is 228 Å². The highest BCUT2D eigenvalue weighted by Crippen LogP contribution is 2.44. The number of nitrogens with two attached hydrogens (primary N) is 1. The maximum Gasteiger partial charge on any atom is 0.313 e. The van der Waals surface area contributed by atoms with Crippen molar-refractivity contribution in [3.05, 3.63) is 17.2 Å². The number of thiazole rings is 1. The molecule has 0 aliphatic carbocycles. The molecule has 0 spiro atoms. The molecule has 4 rings (SSSR count). The van der Waals surface area contributed by atoms with Gasteiger partial charge in [-0.25, -0.2) is 4.98 Å². The third-order valence-electron chi connectivity index (χ3n) is 5.53. The molecule has 2 unspecified atom stereocenters. The van der Waals surface area contributed by atoms with E-state index in [1.54, 1.807) is 0 Å². The Morgan fingerprint density at radius 2 is 2.21 bits per heavy atom. The largest absolute Gasteiger partial charge is 0.481 e. The zero-order valence-electron chi connectivity index (χ0n) is 19.6. The predicted molar refractivity (Wildman–Crippen MR) is 136 cm³/mol. The van der Waals surface area contributed by atoms with Crippen LogP contribution in [0.4, 0.5) is 5.13 Å². The minimum absolute atomic E-state index is 0.0475. The summed E-state index contributed by atoms with van der Waals surface area (Å²) in [5.41, 5.74) is 4.39. The van der Waals surface area contributed by atoms with E-state index in [9.17, 15) is 24.3 Å². The average Bonchev–Trinajstić information content (AvgIpc) is 3.52. The van der Waals surface area contributed by atoms with Crippen molar-refractivity contribution in [2.75, 3.05) is 30.9 Å². The zero-order valence-corrected chi connectivity index (χ0v) is 22.0. The van der Waals surface area contributed by atoms with Crippen molar-refractivity contribution in [2.24, 2.45) is 10.6 Å². The summed E-state index contributed by atoms with van der Waals surface area (Å²) >= 11 is 3.43. The molecule has 0 saturated carbocycles. The van der Waals surface area contributed by atoms with E-state index >= 15 is 0 Å². The highest BCUT2D eigenvalue weighted by molar-refractivity contribution is 8.00. The number of carbonyl (C=O) groups excluding carboxylic acids is 2. The molecule has 2 aliphatic heterocycles. The van der Waals surface area contributed by atoms with Crippen LogP contribution < -0.4 is 11.1 Å². The Bertz CT molecular complexity index is 1310. The Kier molecular flexibility index (Phi) is 8.17. The van der Waals surface area contributed by atoms with Crippen LogP contribution in [0.15, 0.2) is 21.8 Å². The maximum absolute atomic E-state index is 12.9. The molecule has 0 aromatic carbocycles. The lowest BCUT2D eigenvalue weighted by Gasteiger charge is -2.53. The molecule has 2 aliphatic rings. The first-order valence-corrected chi connectivity index (χ1v) is 13.6. The van der Waals surface area contributed by atoms with Crippen LogP contribution in [0.5, 0.6) is 0 Å². The van der Waals surface area contributed by atoms with Gasteiger partial charge >= 0.3 is 11.9 Å². The van der Waals surface area contributed by atoms with Crippen LogP contribution in [-0.4, -0.2) is 106 Å². The number of hydrogen-bond acceptors (Lipinski definition) is 14. The van der Waals surface area contributed by atoms with Gasteiger partial charge in [0.1, 0.15) is 29.6 Å². The van der Waals surface area contributed by atoms with E-state index in [1.807, 2.05) is 0 Å². The number of fused-ring (bicyclic) bond motifs is 1. The molecule has 2 aromatic heterocycles. The number of carbonyl (C=O) groups is 4. The first-order valence-electron chi connectivity index (χ1n) is 10.7. The van der Waals surface area contributed by atoms with Crippen molar-refractivity contribution in [1.82, 2.24) is 35.4 Å². The van der Waals surface area contributed by atoms with Gasteiger partial charge in [-0.15, -0.1) is 28.2 Å². The summed E-state index contributed by atoms with van der Waals surface area (Å²) in [6, 6.07) is -0.878. The summed E-state index contributed by atoms with van der Waals surface area (Å²) in [5.74, 6) is -3.01. The van der Waals surface area contributed by atoms with E-state index in [2.05, 4.69) is 31.0 Å². The van der Waals surface area contributed by atoms with Crippen molar-refractivity contribution in [3.63, 3.8) is 0 Å². The average molecular weight is 584 g/mol. The number of aliphatic carboxylic acids is 2. The van der Waals surface area contributed by atoms with Crippen LogP contribution in [-0.2, 0) is 24.0 Å². The lowest BCUT2D eigenvalue weighted by molar-refractivity contribution is -0.157. The van der Waals surface area contributed by atoms with E-state index in [-0.39, 0.29) is 46.2 Å². The second kappa shape index (κ2) is 11.4. The van der Waals surface area contributed by atoms with Gasteiger partial charge in [-0.2, -0.15) is 4.68 Å². The molecule has 16 nitrogen and oxygen atoms in total. The van der Waals surface area contributed by atoms with Crippen LogP contribution in [0.25, 0.3) is 6.20 Å². The zero-order chi connectivity index (χ0) is 27.4. The fourth-order valence-corrected chi connectivity index (χ4v) is 6.90. The number of β-lactam (4-membered cyclic amide) rings is 1. The van der Waals surface area contributed by atoms with Gasteiger partial charge in [-0.3, -0.25) is 19.2 Å². The smallest absolute Gasteiger partial charge is 0.313 e. The SMILES string of the molecule is CON=C(C(=O)NC1C(=O)N2CC(CSc3nnnn3C=CCC(=O)O)(C(=O)O)CS[C@H]12)c1csc(N)n1. The molecule has 2 fully saturated rings. The van der Waals surface area contributed by atoms with Crippen LogP contribution in [0.2, 0.25) is 0 Å². The van der Waals surface area contributed by atoms with E-state index < -0.39 is 40.6 Å². The number of nitrogen functional groups attached to an aromatic ring is 1. The molecule has 202 valence electrons. The summed E-state index contributed by atoms with van der Waals surface area (Å²) < 4.78 is 1.25. The number of aromatic nitrogens is 5. The Morgan fingerprint density at radius 1 is 1.42 bits per heavy atom.